The molecule has 7 nitrogen and oxygen atoms in total. The SMILES string of the molecule is C=C1O[C@H](OC)[C@H](NC(=O)OCc2ccccc2)[C@@H](OCc2ccccc2)[C@H]1COCc1ccccc1. The van der Waals surface area contributed by atoms with Crippen LogP contribution in [0, 0.1) is 5.92 Å². The molecule has 0 aromatic heterocycles. The molecule has 1 fully saturated rings. The van der Waals surface area contributed by atoms with Crippen molar-refractivity contribution in [1.82, 2.24) is 5.32 Å². The van der Waals surface area contributed by atoms with Crippen LogP contribution in [0.5, 0.6) is 0 Å². The highest BCUT2D eigenvalue weighted by Crippen LogP contribution is 2.32. The van der Waals surface area contributed by atoms with Crippen LogP contribution in [-0.2, 0) is 43.5 Å². The van der Waals surface area contributed by atoms with E-state index in [0.29, 0.717) is 25.6 Å². The summed E-state index contributed by atoms with van der Waals surface area (Å²) < 4.78 is 29.4. The molecule has 1 amide bonds. The maximum atomic E-state index is 12.8. The molecule has 0 spiro atoms. The first kappa shape index (κ1) is 26.4. The first-order valence-corrected chi connectivity index (χ1v) is 12.3. The molecule has 37 heavy (non-hydrogen) atoms. The van der Waals surface area contributed by atoms with E-state index in [4.69, 9.17) is 23.7 Å². The first-order chi connectivity index (χ1) is 18.1. The zero-order chi connectivity index (χ0) is 25.9. The number of alkyl carbamates (subject to hydrolysis) is 1. The lowest BCUT2D eigenvalue weighted by Gasteiger charge is -2.43. The monoisotopic (exact) mass is 503 g/mol. The number of methoxy groups -OCH3 is 1. The molecule has 0 unspecified atom stereocenters. The number of carbonyl (C=O) groups excluding carboxylic acids is 1. The van der Waals surface area contributed by atoms with Crippen molar-refractivity contribution in [2.24, 2.45) is 5.92 Å². The standard InChI is InChI=1S/C30H33NO6/c1-22-26(21-34-18-23-12-6-3-7-13-23)28(35-19-24-14-8-4-9-15-24)27(29(33-2)37-22)31-30(32)36-20-25-16-10-5-11-17-25/h3-17,26-29H,1,18-21H2,2H3,(H,31,32)/t26-,27+,28-,29-/m0/s1. The highest BCUT2D eigenvalue weighted by molar-refractivity contribution is 5.67. The topological polar surface area (TPSA) is 75.3 Å². The summed E-state index contributed by atoms with van der Waals surface area (Å²) in [6.07, 6.45) is -1.93. The van der Waals surface area contributed by atoms with Gasteiger partial charge in [0.25, 0.3) is 0 Å². The number of amides is 1. The fraction of sp³-hybridized carbons (Fsp3) is 0.300. The molecule has 1 N–H and O–H groups in total. The van der Waals surface area contributed by atoms with E-state index in [1.54, 1.807) is 0 Å². The Bertz CT molecular complexity index is 1110. The average Bonchev–Trinajstić information content (AvgIpc) is 2.94. The first-order valence-electron chi connectivity index (χ1n) is 12.3. The third-order valence-corrected chi connectivity index (χ3v) is 6.15. The molecule has 3 aromatic rings. The van der Waals surface area contributed by atoms with Gasteiger partial charge in [-0.2, -0.15) is 0 Å². The van der Waals surface area contributed by atoms with Gasteiger partial charge in [-0.05, 0) is 16.7 Å². The minimum absolute atomic E-state index is 0.143. The fourth-order valence-electron chi connectivity index (χ4n) is 4.20. The number of ether oxygens (including phenoxy) is 5. The molecule has 1 aliphatic rings. The lowest BCUT2D eigenvalue weighted by Crippen LogP contribution is -2.59. The van der Waals surface area contributed by atoms with Crippen LogP contribution in [0.25, 0.3) is 0 Å². The van der Waals surface area contributed by atoms with Crippen LogP contribution < -0.4 is 5.32 Å². The molecule has 1 saturated heterocycles. The Hall–Kier alpha value is -3.65. The quantitative estimate of drug-likeness (QED) is 0.387. The van der Waals surface area contributed by atoms with Crippen molar-refractivity contribution in [3.63, 3.8) is 0 Å². The van der Waals surface area contributed by atoms with Gasteiger partial charge in [0.15, 0.2) is 0 Å². The third kappa shape index (κ3) is 7.67. The Kier molecular flexibility index (Phi) is 9.71. The highest BCUT2D eigenvalue weighted by atomic mass is 16.7. The van der Waals surface area contributed by atoms with Gasteiger partial charge < -0.3 is 29.0 Å². The van der Waals surface area contributed by atoms with Crippen LogP contribution in [0.3, 0.4) is 0 Å². The van der Waals surface area contributed by atoms with E-state index in [2.05, 4.69) is 11.9 Å². The minimum atomic E-state index is -0.803. The molecule has 4 atom stereocenters. The van der Waals surface area contributed by atoms with Gasteiger partial charge in [-0.25, -0.2) is 4.79 Å². The average molecular weight is 504 g/mol. The normalized spacial score (nSPS) is 21.2. The molecule has 4 rings (SSSR count). The number of hydrogen-bond donors (Lipinski definition) is 1. The molecule has 0 aliphatic carbocycles. The third-order valence-electron chi connectivity index (χ3n) is 6.15. The molecule has 0 radical (unpaired) electrons. The summed E-state index contributed by atoms with van der Waals surface area (Å²) in [6, 6.07) is 28.6. The lowest BCUT2D eigenvalue weighted by molar-refractivity contribution is -0.197. The van der Waals surface area contributed by atoms with E-state index in [9.17, 15) is 4.79 Å². The number of carbonyl (C=O) groups is 1. The summed E-state index contributed by atoms with van der Waals surface area (Å²) in [7, 11) is 1.52. The summed E-state index contributed by atoms with van der Waals surface area (Å²) >= 11 is 0. The maximum absolute atomic E-state index is 12.8. The van der Waals surface area contributed by atoms with Crippen molar-refractivity contribution in [2.75, 3.05) is 13.7 Å². The van der Waals surface area contributed by atoms with Crippen LogP contribution in [0.1, 0.15) is 16.7 Å². The van der Waals surface area contributed by atoms with Crippen LogP contribution in [0.2, 0.25) is 0 Å². The van der Waals surface area contributed by atoms with E-state index >= 15 is 0 Å². The maximum Gasteiger partial charge on any atom is 0.407 e. The Morgan fingerprint density at radius 2 is 1.38 bits per heavy atom. The molecule has 1 aliphatic heterocycles. The van der Waals surface area contributed by atoms with E-state index < -0.39 is 24.5 Å². The summed E-state index contributed by atoms with van der Waals surface area (Å²) in [4.78, 5) is 12.8. The van der Waals surface area contributed by atoms with Gasteiger partial charge in [0.1, 0.15) is 18.4 Å². The zero-order valence-corrected chi connectivity index (χ0v) is 21.0. The van der Waals surface area contributed by atoms with Gasteiger partial charge in [0.2, 0.25) is 6.29 Å². The predicted molar refractivity (Wildman–Crippen MR) is 139 cm³/mol. The van der Waals surface area contributed by atoms with Crippen molar-refractivity contribution < 1.29 is 28.5 Å². The number of hydrogen-bond acceptors (Lipinski definition) is 6. The Morgan fingerprint density at radius 3 is 1.95 bits per heavy atom. The second-order valence-corrected chi connectivity index (χ2v) is 8.79. The van der Waals surface area contributed by atoms with Gasteiger partial charge in [-0.3, -0.25) is 0 Å². The van der Waals surface area contributed by atoms with Crippen molar-refractivity contribution in [1.29, 1.82) is 0 Å². The largest absolute Gasteiger partial charge is 0.467 e. The minimum Gasteiger partial charge on any atom is -0.467 e. The number of nitrogens with one attached hydrogen (secondary N) is 1. The molecular formula is C30H33NO6. The second kappa shape index (κ2) is 13.6. The Morgan fingerprint density at radius 1 is 0.838 bits per heavy atom. The van der Waals surface area contributed by atoms with E-state index in [1.807, 2.05) is 91.0 Å². The molecule has 7 heteroatoms. The van der Waals surface area contributed by atoms with Crippen LogP contribution >= 0.6 is 0 Å². The lowest BCUT2D eigenvalue weighted by atomic mass is 9.91. The predicted octanol–water partition coefficient (Wildman–Crippen LogP) is 5.22. The Balaban J connectivity index is 1.47. The van der Waals surface area contributed by atoms with E-state index in [0.717, 1.165) is 16.7 Å². The zero-order valence-electron chi connectivity index (χ0n) is 21.0. The van der Waals surface area contributed by atoms with Crippen molar-refractivity contribution in [2.45, 2.75) is 38.3 Å². The fourth-order valence-corrected chi connectivity index (χ4v) is 4.20. The van der Waals surface area contributed by atoms with Crippen molar-refractivity contribution >= 4 is 6.09 Å². The summed E-state index contributed by atoms with van der Waals surface area (Å²) in [5.74, 6) is 0.131. The summed E-state index contributed by atoms with van der Waals surface area (Å²) in [5, 5.41) is 2.90. The highest BCUT2D eigenvalue weighted by Gasteiger charge is 2.45. The molecule has 194 valence electrons. The molecule has 0 bridgehead atoms. The van der Waals surface area contributed by atoms with Crippen LogP contribution in [0.15, 0.2) is 103 Å². The molecule has 0 saturated carbocycles. The van der Waals surface area contributed by atoms with Crippen molar-refractivity contribution in [3.05, 3.63) is 120 Å². The van der Waals surface area contributed by atoms with E-state index in [-0.39, 0.29) is 12.5 Å². The molecular weight excluding hydrogens is 470 g/mol. The van der Waals surface area contributed by atoms with E-state index in [1.165, 1.54) is 7.11 Å². The second-order valence-electron chi connectivity index (χ2n) is 8.79. The number of benzene rings is 3. The van der Waals surface area contributed by atoms with Gasteiger partial charge in [-0.1, -0.05) is 97.6 Å². The smallest absolute Gasteiger partial charge is 0.407 e. The molecule has 3 aromatic carbocycles. The van der Waals surface area contributed by atoms with Gasteiger partial charge in [0.05, 0.1) is 31.8 Å². The summed E-state index contributed by atoms with van der Waals surface area (Å²) in [5.41, 5.74) is 2.95. The van der Waals surface area contributed by atoms with Crippen LogP contribution in [-0.4, -0.2) is 38.2 Å². The molecule has 1 heterocycles. The van der Waals surface area contributed by atoms with Gasteiger partial charge in [-0.15, -0.1) is 0 Å². The summed E-state index contributed by atoms with van der Waals surface area (Å²) in [6.45, 7) is 5.31. The number of rotatable bonds is 11. The Labute approximate surface area is 218 Å². The van der Waals surface area contributed by atoms with Gasteiger partial charge >= 0.3 is 6.09 Å². The van der Waals surface area contributed by atoms with Crippen molar-refractivity contribution in [3.8, 4) is 0 Å². The van der Waals surface area contributed by atoms with Gasteiger partial charge in [0, 0.05) is 7.11 Å². The van der Waals surface area contributed by atoms with Crippen LogP contribution in [0.4, 0.5) is 4.79 Å².